The third-order valence-electron chi connectivity index (χ3n) is 8.62. The van der Waals surface area contributed by atoms with Crippen LogP contribution in [0.5, 0.6) is 0 Å². The minimum absolute atomic E-state index is 0.105. The van der Waals surface area contributed by atoms with Crippen LogP contribution in [0.3, 0.4) is 0 Å². The van der Waals surface area contributed by atoms with Gasteiger partial charge in [0.1, 0.15) is 18.2 Å². The van der Waals surface area contributed by atoms with Crippen molar-refractivity contribution in [1.29, 1.82) is 0 Å². The summed E-state index contributed by atoms with van der Waals surface area (Å²) in [6.45, 7) is 11.9. The monoisotopic (exact) mass is 552 g/mol. The number of thioether (sulfide) groups is 1. The Morgan fingerprint density at radius 2 is 1.95 bits per heavy atom. The zero-order valence-electron chi connectivity index (χ0n) is 22.7. The quantitative estimate of drug-likeness (QED) is 0.448. The van der Waals surface area contributed by atoms with Crippen LogP contribution in [0, 0.1) is 11.8 Å². The Kier molecular flexibility index (Phi) is 7.09. The average Bonchev–Trinajstić information content (AvgIpc) is 3.63. The first kappa shape index (κ1) is 27.4. The lowest BCUT2D eigenvalue weighted by molar-refractivity contribution is -0.147. The smallest absolute Gasteiger partial charge is 0.248 e. The van der Waals surface area contributed by atoms with Crippen LogP contribution in [0.4, 0.5) is 0 Å². The molecular weight excluding hydrogens is 516 g/mol. The number of amides is 3. The van der Waals surface area contributed by atoms with Crippen molar-refractivity contribution < 1.29 is 19.5 Å². The van der Waals surface area contributed by atoms with Crippen molar-refractivity contribution in [2.75, 3.05) is 26.7 Å². The van der Waals surface area contributed by atoms with E-state index in [9.17, 15) is 19.5 Å². The van der Waals surface area contributed by atoms with Gasteiger partial charge in [-0.2, -0.15) is 0 Å². The van der Waals surface area contributed by atoms with Gasteiger partial charge in [-0.25, -0.2) is 4.68 Å². The number of fused-ring (bicyclic) bond motifs is 2. The summed E-state index contributed by atoms with van der Waals surface area (Å²) >= 11 is 1.62. The lowest BCUT2D eigenvalue weighted by Crippen LogP contribution is -2.57. The molecule has 3 fully saturated rings. The summed E-state index contributed by atoms with van der Waals surface area (Å²) in [6, 6.07) is 6.10. The maximum atomic E-state index is 14.5. The predicted molar refractivity (Wildman–Crippen MR) is 149 cm³/mol. The molecule has 5 rings (SSSR count). The molecule has 1 aromatic heterocycles. The molecule has 208 valence electrons. The highest BCUT2D eigenvalue weighted by molar-refractivity contribution is 8.02. The van der Waals surface area contributed by atoms with Gasteiger partial charge in [0.25, 0.3) is 0 Å². The van der Waals surface area contributed by atoms with Gasteiger partial charge in [-0.3, -0.25) is 14.4 Å². The molecule has 1 spiro atoms. The third-order valence-corrected chi connectivity index (χ3v) is 10.6. The standard InChI is InChI=1S/C28H36N6O4S/c1-6-14-31(5)24(36)21-22-25(37)34(18(3)16-35)23(28(22)13-12-27(21,4)39-28)26(38)32(15-7-2)17-33-20-11-9-8-10-19(20)29-30-33/h6-11,18,21-23,35H,1-2,12-17H2,3-5H3/t18-,21-,22+,23?,27+,28?/m1/s1. The number of para-hydroxylation sites is 1. The van der Waals surface area contributed by atoms with Crippen molar-refractivity contribution in [2.24, 2.45) is 11.8 Å². The summed E-state index contributed by atoms with van der Waals surface area (Å²) in [5.74, 6) is -1.80. The molecule has 3 saturated heterocycles. The molecule has 6 atom stereocenters. The molecule has 3 aliphatic rings. The maximum Gasteiger partial charge on any atom is 0.248 e. The number of nitrogens with zero attached hydrogens (tertiary/aromatic N) is 6. The normalized spacial score (nSPS) is 29.9. The van der Waals surface area contributed by atoms with Gasteiger partial charge in [0.05, 0.1) is 34.7 Å². The topological polar surface area (TPSA) is 112 Å². The Bertz CT molecular complexity index is 1330. The largest absolute Gasteiger partial charge is 0.394 e. The maximum absolute atomic E-state index is 14.5. The van der Waals surface area contributed by atoms with E-state index in [0.717, 1.165) is 17.5 Å². The number of likely N-dealkylation sites (tertiary alicyclic amines) is 1. The fourth-order valence-corrected chi connectivity index (χ4v) is 9.16. The second-order valence-corrected chi connectivity index (χ2v) is 13.0. The van der Waals surface area contributed by atoms with E-state index in [1.165, 1.54) is 0 Å². The summed E-state index contributed by atoms with van der Waals surface area (Å²) in [4.78, 5) is 47.2. The number of hydrogen-bond acceptors (Lipinski definition) is 7. The lowest BCUT2D eigenvalue weighted by atomic mass is 9.66. The van der Waals surface area contributed by atoms with Gasteiger partial charge < -0.3 is 19.8 Å². The molecule has 0 aliphatic carbocycles. The van der Waals surface area contributed by atoms with E-state index in [1.54, 1.807) is 57.3 Å². The van der Waals surface area contributed by atoms with E-state index in [4.69, 9.17) is 0 Å². The average molecular weight is 553 g/mol. The molecule has 1 N–H and O–H groups in total. The van der Waals surface area contributed by atoms with Crippen LogP contribution in [0.25, 0.3) is 11.0 Å². The number of aliphatic hydroxyl groups excluding tert-OH is 1. The van der Waals surface area contributed by atoms with Crippen molar-refractivity contribution in [2.45, 2.75) is 54.9 Å². The van der Waals surface area contributed by atoms with Crippen molar-refractivity contribution in [3.05, 3.63) is 49.6 Å². The Hall–Kier alpha value is -3.18. The number of hydrogen-bond donors (Lipinski definition) is 1. The Balaban J connectivity index is 1.56. The minimum Gasteiger partial charge on any atom is -0.394 e. The first-order valence-electron chi connectivity index (χ1n) is 13.3. The Labute approximate surface area is 232 Å². The summed E-state index contributed by atoms with van der Waals surface area (Å²) in [7, 11) is 1.72. The number of rotatable bonds is 10. The summed E-state index contributed by atoms with van der Waals surface area (Å²) in [6.07, 6.45) is 4.68. The van der Waals surface area contributed by atoms with E-state index in [2.05, 4.69) is 23.5 Å². The molecule has 3 aliphatic heterocycles. The van der Waals surface area contributed by atoms with Gasteiger partial charge in [0, 0.05) is 24.9 Å². The van der Waals surface area contributed by atoms with Gasteiger partial charge in [-0.05, 0) is 38.8 Å². The number of likely N-dealkylation sites (N-methyl/N-ethyl adjacent to an activating group) is 1. The second kappa shape index (κ2) is 10.1. The van der Waals surface area contributed by atoms with Crippen LogP contribution in [0.1, 0.15) is 26.7 Å². The molecule has 11 heteroatoms. The Morgan fingerprint density at radius 3 is 2.64 bits per heavy atom. The number of benzene rings is 1. The van der Waals surface area contributed by atoms with E-state index in [1.807, 2.05) is 31.2 Å². The SMILES string of the molecule is C=CCN(C)C(=O)[C@H]1[C@H]2C(=O)N([C@H](C)CO)C(C(=O)N(CC=C)Cn3nnc4ccccc43)C23CC[C@]1(C)S3. The number of carbonyl (C=O) groups excluding carboxylic acids is 3. The van der Waals surface area contributed by atoms with Crippen LogP contribution in [0.15, 0.2) is 49.6 Å². The highest BCUT2D eigenvalue weighted by Crippen LogP contribution is 2.71. The summed E-state index contributed by atoms with van der Waals surface area (Å²) in [5, 5.41) is 18.6. The third kappa shape index (κ3) is 4.09. The van der Waals surface area contributed by atoms with E-state index in [0.29, 0.717) is 13.0 Å². The first-order chi connectivity index (χ1) is 18.6. The number of aromatic nitrogens is 3. The van der Waals surface area contributed by atoms with Gasteiger partial charge in [-0.15, -0.1) is 30.0 Å². The first-order valence-corrected chi connectivity index (χ1v) is 14.1. The summed E-state index contributed by atoms with van der Waals surface area (Å²) in [5.41, 5.74) is 1.51. The molecule has 2 bridgehead atoms. The Morgan fingerprint density at radius 1 is 1.23 bits per heavy atom. The zero-order valence-corrected chi connectivity index (χ0v) is 23.5. The molecule has 3 amide bonds. The lowest BCUT2D eigenvalue weighted by Gasteiger charge is -2.38. The number of aliphatic hydroxyl groups is 1. The van der Waals surface area contributed by atoms with Crippen LogP contribution in [-0.2, 0) is 21.1 Å². The van der Waals surface area contributed by atoms with Crippen molar-refractivity contribution >= 4 is 40.5 Å². The molecule has 2 unspecified atom stereocenters. The fraction of sp³-hybridized carbons (Fsp3) is 0.536. The molecule has 1 aromatic carbocycles. The molecule has 39 heavy (non-hydrogen) atoms. The van der Waals surface area contributed by atoms with E-state index >= 15 is 0 Å². The fourth-order valence-electron chi connectivity index (χ4n) is 6.83. The van der Waals surface area contributed by atoms with E-state index < -0.39 is 33.4 Å². The second-order valence-electron chi connectivity index (χ2n) is 11.1. The molecule has 2 aromatic rings. The van der Waals surface area contributed by atoms with Gasteiger partial charge in [-0.1, -0.05) is 29.5 Å². The van der Waals surface area contributed by atoms with Gasteiger partial charge in [0.2, 0.25) is 17.7 Å². The molecule has 0 saturated carbocycles. The zero-order chi connectivity index (χ0) is 28.1. The van der Waals surface area contributed by atoms with Crippen LogP contribution in [0.2, 0.25) is 0 Å². The molecule has 0 radical (unpaired) electrons. The highest BCUT2D eigenvalue weighted by Gasteiger charge is 2.77. The van der Waals surface area contributed by atoms with Gasteiger partial charge in [0.15, 0.2) is 0 Å². The molecule has 10 nitrogen and oxygen atoms in total. The van der Waals surface area contributed by atoms with Crippen LogP contribution >= 0.6 is 11.8 Å². The minimum atomic E-state index is -0.832. The van der Waals surface area contributed by atoms with Crippen molar-refractivity contribution in [3.63, 3.8) is 0 Å². The highest BCUT2D eigenvalue weighted by atomic mass is 32.2. The van der Waals surface area contributed by atoms with Crippen LogP contribution in [-0.4, -0.2) is 101 Å². The van der Waals surface area contributed by atoms with Gasteiger partial charge >= 0.3 is 0 Å². The summed E-state index contributed by atoms with van der Waals surface area (Å²) < 4.78 is 0.427. The van der Waals surface area contributed by atoms with Crippen molar-refractivity contribution in [3.8, 4) is 0 Å². The predicted octanol–water partition coefficient (Wildman–Crippen LogP) is 1.91. The molecule has 4 heterocycles. The van der Waals surface area contributed by atoms with Crippen molar-refractivity contribution in [1.82, 2.24) is 29.7 Å². The number of carbonyl (C=O) groups is 3. The van der Waals surface area contributed by atoms with Crippen LogP contribution < -0.4 is 0 Å². The van der Waals surface area contributed by atoms with E-state index in [-0.39, 0.29) is 37.5 Å². The molecular formula is C28H36N6O4S.